The Labute approximate surface area is 109 Å². The number of para-hydroxylation sites is 1. The van der Waals surface area contributed by atoms with Gasteiger partial charge in [0.05, 0.1) is 0 Å². The minimum atomic E-state index is -0.127. The second-order valence-electron chi connectivity index (χ2n) is 4.09. The van der Waals surface area contributed by atoms with Gasteiger partial charge in [-0.3, -0.25) is 0 Å². The highest BCUT2D eigenvalue weighted by Gasteiger charge is 2.18. The Morgan fingerprint density at radius 2 is 1.72 bits per heavy atom. The third kappa shape index (κ3) is 3.38. The number of anilines is 1. The molecule has 91 valence electrons. The molecule has 1 radical (unpaired) electrons. The van der Waals surface area contributed by atoms with E-state index >= 15 is 0 Å². The number of hydrogen-bond acceptors (Lipinski definition) is 2. The number of benzene rings is 2. The van der Waals surface area contributed by atoms with Crippen molar-refractivity contribution in [3.05, 3.63) is 67.1 Å². The molecule has 2 aromatic rings. The van der Waals surface area contributed by atoms with E-state index in [1.807, 2.05) is 61.5 Å². The summed E-state index contributed by atoms with van der Waals surface area (Å²) < 4.78 is 5.74. The molecule has 0 aliphatic carbocycles. The molecular weight excluding hydrogens is 221 g/mol. The molecule has 2 nitrogen and oxygen atoms in total. The summed E-state index contributed by atoms with van der Waals surface area (Å²) in [5.74, 6) is 0. The van der Waals surface area contributed by atoms with E-state index in [1.54, 1.807) is 0 Å². The molecule has 0 aromatic heterocycles. The Hall–Kier alpha value is -1.74. The smallest absolute Gasteiger partial charge is 0.413 e. The van der Waals surface area contributed by atoms with Gasteiger partial charge in [-0.1, -0.05) is 42.5 Å². The van der Waals surface area contributed by atoms with Crippen LogP contribution in [0, 0.1) is 6.92 Å². The fourth-order valence-corrected chi connectivity index (χ4v) is 1.77. The van der Waals surface area contributed by atoms with Crippen LogP contribution in [0.15, 0.2) is 54.6 Å². The maximum atomic E-state index is 5.74. The van der Waals surface area contributed by atoms with Gasteiger partial charge >= 0.3 is 7.05 Å². The lowest BCUT2D eigenvalue weighted by molar-refractivity contribution is 0.354. The van der Waals surface area contributed by atoms with Crippen molar-refractivity contribution < 1.29 is 4.65 Å². The fourth-order valence-electron chi connectivity index (χ4n) is 1.77. The van der Waals surface area contributed by atoms with Gasteiger partial charge in [0.15, 0.2) is 0 Å². The van der Waals surface area contributed by atoms with Crippen molar-refractivity contribution in [3.63, 3.8) is 0 Å². The first-order valence-corrected chi connectivity index (χ1v) is 6.14. The third-order valence-corrected chi connectivity index (χ3v) is 2.69. The van der Waals surface area contributed by atoms with E-state index in [-0.39, 0.29) is 7.05 Å². The second kappa shape index (κ2) is 6.27. The Balaban J connectivity index is 2.15. The van der Waals surface area contributed by atoms with E-state index in [0.717, 1.165) is 16.7 Å². The second-order valence-corrected chi connectivity index (χ2v) is 4.09. The summed E-state index contributed by atoms with van der Waals surface area (Å²) in [5.41, 5.74) is 3.16. The van der Waals surface area contributed by atoms with Crippen LogP contribution in [0.25, 0.3) is 0 Å². The predicted octanol–water partition coefficient (Wildman–Crippen LogP) is 2.71. The minimum Gasteiger partial charge on any atom is -0.413 e. The van der Waals surface area contributed by atoms with Crippen LogP contribution in [0.5, 0.6) is 0 Å². The number of nitrogens with one attached hydrogen (secondary N) is 1. The van der Waals surface area contributed by atoms with E-state index in [4.69, 9.17) is 4.65 Å². The highest BCUT2D eigenvalue weighted by molar-refractivity contribution is 6.70. The maximum Gasteiger partial charge on any atom is 0.449 e. The highest BCUT2D eigenvalue weighted by Crippen LogP contribution is 2.07. The van der Waals surface area contributed by atoms with E-state index in [1.165, 1.54) is 0 Å². The Bertz CT molecular complexity index is 470. The zero-order chi connectivity index (χ0) is 12.8. The zero-order valence-electron chi connectivity index (χ0n) is 10.6. The summed E-state index contributed by atoms with van der Waals surface area (Å²) in [6.07, 6.45) is 0. The molecule has 0 heterocycles. The van der Waals surface area contributed by atoms with Crippen LogP contribution in [0.3, 0.4) is 0 Å². The van der Waals surface area contributed by atoms with Gasteiger partial charge in [-0.25, -0.2) is 0 Å². The standard InChI is InChI=1S/C15H17BNO/c1-3-18-16(14-11-9-13(2)10-12-14)17-15-7-5-4-6-8-15/h4-12,17H,2-3H2,1H3. The molecule has 0 saturated heterocycles. The highest BCUT2D eigenvalue weighted by atomic mass is 16.4. The lowest BCUT2D eigenvalue weighted by Crippen LogP contribution is -2.41. The topological polar surface area (TPSA) is 21.3 Å². The zero-order valence-corrected chi connectivity index (χ0v) is 10.6. The lowest BCUT2D eigenvalue weighted by atomic mass is 9.73. The summed E-state index contributed by atoms with van der Waals surface area (Å²) in [6.45, 7) is 6.55. The molecule has 0 fully saturated rings. The lowest BCUT2D eigenvalue weighted by Gasteiger charge is -2.16. The number of hydrogen-bond donors (Lipinski definition) is 1. The first kappa shape index (κ1) is 12.7. The summed E-state index contributed by atoms with van der Waals surface area (Å²) >= 11 is 0. The summed E-state index contributed by atoms with van der Waals surface area (Å²) in [4.78, 5) is 0. The van der Waals surface area contributed by atoms with Crippen LogP contribution in [0.1, 0.15) is 12.5 Å². The van der Waals surface area contributed by atoms with Gasteiger partial charge in [0.25, 0.3) is 0 Å². The van der Waals surface area contributed by atoms with Crippen molar-refractivity contribution in [2.75, 3.05) is 11.8 Å². The molecule has 0 aliphatic heterocycles. The van der Waals surface area contributed by atoms with E-state index < -0.39 is 0 Å². The quantitative estimate of drug-likeness (QED) is 0.808. The van der Waals surface area contributed by atoms with Crippen molar-refractivity contribution in [3.8, 4) is 0 Å². The monoisotopic (exact) mass is 238 g/mol. The van der Waals surface area contributed by atoms with Gasteiger partial charge in [-0.15, -0.1) is 0 Å². The van der Waals surface area contributed by atoms with Gasteiger partial charge in [0.1, 0.15) is 0 Å². The molecule has 3 heteroatoms. The van der Waals surface area contributed by atoms with E-state index in [0.29, 0.717) is 6.61 Å². The van der Waals surface area contributed by atoms with Crippen molar-refractivity contribution in [2.24, 2.45) is 0 Å². The molecule has 0 unspecified atom stereocenters. The molecule has 1 N–H and O–H groups in total. The van der Waals surface area contributed by atoms with Gasteiger partial charge < -0.3 is 9.88 Å². The molecule has 18 heavy (non-hydrogen) atoms. The van der Waals surface area contributed by atoms with Crippen molar-refractivity contribution >= 4 is 18.2 Å². The summed E-state index contributed by atoms with van der Waals surface area (Å²) in [6, 6.07) is 18.1. The molecule has 0 spiro atoms. The number of rotatable bonds is 5. The molecule has 0 atom stereocenters. The van der Waals surface area contributed by atoms with Crippen molar-refractivity contribution in [2.45, 2.75) is 6.92 Å². The molecule has 2 rings (SSSR count). The van der Waals surface area contributed by atoms with Crippen LogP contribution in [0.2, 0.25) is 0 Å². The van der Waals surface area contributed by atoms with Crippen LogP contribution in [-0.2, 0) is 4.65 Å². The summed E-state index contributed by atoms with van der Waals surface area (Å²) in [5, 5.41) is 3.37. The average molecular weight is 238 g/mol. The molecule has 0 saturated carbocycles. The van der Waals surface area contributed by atoms with Crippen LogP contribution < -0.4 is 10.7 Å². The van der Waals surface area contributed by atoms with Gasteiger partial charge in [0, 0.05) is 12.3 Å². The van der Waals surface area contributed by atoms with Gasteiger partial charge in [-0.2, -0.15) is 0 Å². The summed E-state index contributed by atoms with van der Waals surface area (Å²) in [7, 11) is -0.127. The molecule has 0 bridgehead atoms. The van der Waals surface area contributed by atoms with Crippen molar-refractivity contribution in [1.82, 2.24) is 0 Å². The largest absolute Gasteiger partial charge is 0.449 e. The maximum absolute atomic E-state index is 5.74. The van der Waals surface area contributed by atoms with Crippen LogP contribution in [0.4, 0.5) is 5.69 Å². The molecule has 0 amide bonds. The molecule has 0 aliphatic rings. The average Bonchev–Trinajstić information content (AvgIpc) is 2.40. The Morgan fingerprint density at radius 1 is 1.06 bits per heavy atom. The third-order valence-electron chi connectivity index (χ3n) is 2.69. The van der Waals surface area contributed by atoms with Crippen LogP contribution >= 0.6 is 0 Å². The molecule has 2 aromatic carbocycles. The van der Waals surface area contributed by atoms with Crippen LogP contribution in [-0.4, -0.2) is 13.7 Å². The SMILES string of the molecule is [CH2]c1ccc(B(Nc2ccccc2)OCC)cc1. The first-order chi connectivity index (χ1) is 8.79. The van der Waals surface area contributed by atoms with Gasteiger partial charge in [-0.05, 0) is 37.0 Å². The van der Waals surface area contributed by atoms with E-state index in [9.17, 15) is 0 Å². The molecular formula is C15H17BNO. The van der Waals surface area contributed by atoms with Gasteiger partial charge in [0.2, 0.25) is 0 Å². The minimum absolute atomic E-state index is 0.127. The first-order valence-electron chi connectivity index (χ1n) is 6.14. The Morgan fingerprint density at radius 3 is 2.33 bits per heavy atom. The normalized spacial score (nSPS) is 10.1. The van der Waals surface area contributed by atoms with E-state index in [2.05, 4.69) is 12.2 Å². The fraction of sp³-hybridized carbons (Fsp3) is 0.133. The predicted molar refractivity (Wildman–Crippen MR) is 78.0 cm³/mol. The van der Waals surface area contributed by atoms with Crippen molar-refractivity contribution in [1.29, 1.82) is 0 Å². The Kier molecular flexibility index (Phi) is 4.43.